The molecule has 28 heavy (non-hydrogen) atoms. The first-order valence-electron chi connectivity index (χ1n) is 9.73. The van der Waals surface area contributed by atoms with Crippen LogP contribution in [0, 0.1) is 12.8 Å². The summed E-state index contributed by atoms with van der Waals surface area (Å²) in [6, 6.07) is 6.04. The summed E-state index contributed by atoms with van der Waals surface area (Å²) in [5.41, 5.74) is 2.09. The van der Waals surface area contributed by atoms with Gasteiger partial charge in [0.05, 0.1) is 19.8 Å². The quantitative estimate of drug-likeness (QED) is 0.692. The van der Waals surface area contributed by atoms with Gasteiger partial charge in [-0.2, -0.15) is 0 Å². The van der Waals surface area contributed by atoms with E-state index in [1.807, 2.05) is 24.4 Å². The molecule has 1 aromatic heterocycles. The number of aromatic nitrogens is 1. The Hall–Kier alpha value is -2.16. The highest BCUT2D eigenvalue weighted by atomic mass is 32.1. The Balaban J connectivity index is 1.33. The van der Waals surface area contributed by atoms with Crippen LogP contribution in [0.25, 0.3) is 10.6 Å². The molecule has 2 amide bonds. The van der Waals surface area contributed by atoms with E-state index in [-0.39, 0.29) is 12.1 Å². The van der Waals surface area contributed by atoms with Crippen molar-refractivity contribution in [3.05, 3.63) is 29.1 Å². The lowest BCUT2D eigenvalue weighted by molar-refractivity contribution is -0.0509. The van der Waals surface area contributed by atoms with Gasteiger partial charge in [-0.15, -0.1) is 11.3 Å². The summed E-state index contributed by atoms with van der Waals surface area (Å²) in [6.45, 7) is 6.14. The zero-order chi connectivity index (χ0) is 19.3. The lowest BCUT2D eigenvalue weighted by Gasteiger charge is -2.26. The zero-order valence-electron chi connectivity index (χ0n) is 16.0. The molecule has 0 unspecified atom stereocenters. The van der Waals surface area contributed by atoms with Gasteiger partial charge >= 0.3 is 6.03 Å². The number of nitrogens with zero attached hydrogens (tertiary/aromatic N) is 1. The normalized spacial score (nSPS) is 19.7. The second kappa shape index (κ2) is 8.89. The predicted octanol–water partition coefficient (Wildman–Crippen LogP) is 3.02. The number of piperidine rings is 1. The molecule has 1 aromatic carbocycles. The first-order chi connectivity index (χ1) is 13.7. The van der Waals surface area contributed by atoms with Crippen LogP contribution in [0.3, 0.4) is 0 Å². The number of amides is 2. The van der Waals surface area contributed by atoms with E-state index in [2.05, 4.69) is 27.0 Å². The van der Waals surface area contributed by atoms with Crippen molar-refractivity contribution in [1.29, 1.82) is 0 Å². The topological polar surface area (TPSA) is 84.5 Å². The van der Waals surface area contributed by atoms with Crippen LogP contribution in [0.4, 0.5) is 10.6 Å². The van der Waals surface area contributed by atoms with Crippen LogP contribution in [0.15, 0.2) is 23.6 Å². The Bertz CT molecular complexity index is 816. The molecule has 2 aliphatic heterocycles. The summed E-state index contributed by atoms with van der Waals surface area (Å²) in [4.78, 5) is 16.7. The second-order valence-corrected chi connectivity index (χ2v) is 8.23. The minimum absolute atomic E-state index is 0.175. The highest BCUT2D eigenvalue weighted by Crippen LogP contribution is 2.30. The van der Waals surface area contributed by atoms with Crippen LogP contribution >= 0.6 is 11.3 Å². The number of urea groups is 1. The third-order valence-electron chi connectivity index (χ3n) is 4.98. The molecular weight excluding hydrogens is 376 g/mol. The fourth-order valence-corrected chi connectivity index (χ4v) is 4.06. The molecule has 0 radical (unpaired) electrons. The molecular formula is C20H26N4O3S. The lowest BCUT2D eigenvalue weighted by atomic mass is 10.1. The number of thiazole rings is 1. The standard InChI is InChI=1S/C20H26N4O3S/c1-13-7-15(4-5-17(13)27-11-14-9-26-10-14)19-23-18(12-28-19)24-20(25)22-16-3-2-6-21-8-16/h4-5,7,12,14,16,21H,2-3,6,8-11H2,1H3,(H2,22,24,25)/t16-/m0/s1. The average Bonchev–Trinajstić information content (AvgIpc) is 3.10. The van der Waals surface area contributed by atoms with Crippen LogP contribution in [-0.4, -0.2) is 50.0 Å². The highest BCUT2D eigenvalue weighted by Gasteiger charge is 2.19. The van der Waals surface area contributed by atoms with Gasteiger partial charge in [0.2, 0.25) is 0 Å². The third kappa shape index (κ3) is 4.81. The van der Waals surface area contributed by atoms with E-state index in [0.717, 1.165) is 61.0 Å². The molecule has 4 rings (SSSR count). The van der Waals surface area contributed by atoms with Gasteiger partial charge in [-0.1, -0.05) is 0 Å². The Morgan fingerprint density at radius 3 is 3.04 bits per heavy atom. The fraction of sp³-hybridized carbons (Fsp3) is 0.500. The molecule has 7 nitrogen and oxygen atoms in total. The molecule has 150 valence electrons. The van der Waals surface area contributed by atoms with Crippen molar-refractivity contribution in [1.82, 2.24) is 15.6 Å². The van der Waals surface area contributed by atoms with Gasteiger partial charge < -0.3 is 20.1 Å². The van der Waals surface area contributed by atoms with Crippen molar-refractivity contribution >= 4 is 23.2 Å². The van der Waals surface area contributed by atoms with Gasteiger partial charge in [0, 0.05) is 29.4 Å². The molecule has 3 N–H and O–H groups in total. The smallest absolute Gasteiger partial charge is 0.320 e. The van der Waals surface area contributed by atoms with Crippen molar-refractivity contribution in [2.45, 2.75) is 25.8 Å². The Morgan fingerprint density at radius 2 is 2.32 bits per heavy atom. The van der Waals surface area contributed by atoms with E-state index in [1.165, 1.54) is 11.3 Å². The number of rotatable bonds is 6. The first-order valence-corrected chi connectivity index (χ1v) is 10.6. The second-order valence-electron chi connectivity index (χ2n) is 7.37. The molecule has 3 heterocycles. The van der Waals surface area contributed by atoms with Gasteiger partial charge in [-0.05, 0) is 50.1 Å². The van der Waals surface area contributed by atoms with E-state index < -0.39 is 0 Å². The molecule has 8 heteroatoms. The highest BCUT2D eigenvalue weighted by molar-refractivity contribution is 7.13. The molecule has 1 atom stereocenters. The van der Waals surface area contributed by atoms with E-state index in [0.29, 0.717) is 18.3 Å². The summed E-state index contributed by atoms with van der Waals surface area (Å²) < 4.78 is 11.1. The summed E-state index contributed by atoms with van der Waals surface area (Å²) in [5, 5.41) is 11.9. The SMILES string of the molecule is Cc1cc(-c2nc(NC(=O)N[C@H]3CCCNC3)cs2)ccc1OCC1COC1. The zero-order valence-corrected chi connectivity index (χ0v) is 16.8. The van der Waals surface area contributed by atoms with Crippen LogP contribution < -0.4 is 20.7 Å². The first kappa shape index (κ1) is 19.2. The van der Waals surface area contributed by atoms with E-state index in [4.69, 9.17) is 9.47 Å². The number of benzene rings is 1. The largest absolute Gasteiger partial charge is 0.493 e. The molecule has 0 spiro atoms. The van der Waals surface area contributed by atoms with Gasteiger partial charge in [0.1, 0.15) is 16.6 Å². The number of carbonyl (C=O) groups excluding carboxylic acids is 1. The summed E-state index contributed by atoms with van der Waals surface area (Å²) in [5.74, 6) is 1.97. The minimum atomic E-state index is -0.203. The number of hydrogen-bond donors (Lipinski definition) is 3. The Kier molecular flexibility index (Phi) is 6.09. The number of ether oxygens (including phenoxy) is 2. The molecule has 2 saturated heterocycles. The molecule has 2 aliphatic rings. The predicted molar refractivity (Wildman–Crippen MR) is 110 cm³/mol. The number of nitrogens with one attached hydrogen (secondary N) is 3. The monoisotopic (exact) mass is 402 g/mol. The number of carbonyl (C=O) groups is 1. The number of aryl methyl sites for hydroxylation is 1. The molecule has 0 saturated carbocycles. The summed E-state index contributed by atoms with van der Waals surface area (Å²) in [7, 11) is 0. The molecule has 0 aliphatic carbocycles. The van der Waals surface area contributed by atoms with Gasteiger partial charge in [0.25, 0.3) is 0 Å². The molecule has 0 bridgehead atoms. The Morgan fingerprint density at radius 1 is 1.43 bits per heavy atom. The van der Waals surface area contributed by atoms with E-state index in [1.54, 1.807) is 0 Å². The van der Waals surface area contributed by atoms with Crippen molar-refractivity contribution in [2.75, 3.05) is 38.2 Å². The van der Waals surface area contributed by atoms with Gasteiger partial charge in [-0.25, -0.2) is 9.78 Å². The summed E-state index contributed by atoms with van der Waals surface area (Å²) >= 11 is 1.51. The maximum atomic E-state index is 12.2. The number of anilines is 1. The van der Waals surface area contributed by atoms with Crippen molar-refractivity contribution in [3.8, 4) is 16.3 Å². The van der Waals surface area contributed by atoms with Crippen LogP contribution in [-0.2, 0) is 4.74 Å². The maximum Gasteiger partial charge on any atom is 0.320 e. The molecule has 2 fully saturated rings. The molecule has 2 aromatic rings. The van der Waals surface area contributed by atoms with Crippen LogP contribution in [0.2, 0.25) is 0 Å². The van der Waals surface area contributed by atoms with Gasteiger partial charge in [0.15, 0.2) is 0 Å². The average molecular weight is 403 g/mol. The van der Waals surface area contributed by atoms with E-state index >= 15 is 0 Å². The summed E-state index contributed by atoms with van der Waals surface area (Å²) in [6.07, 6.45) is 2.09. The van der Waals surface area contributed by atoms with E-state index in [9.17, 15) is 4.79 Å². The van der Waals surface area contributed by atoms with Crippen LogP contribution in [0.1, 0.15) is 18.4 Å². The van der Waals surface area contributed by atoms with Crippen molar-refractivity contribution in [2.24, 2.45) is 5.92 Å². The van der Waals surface area contributed by atoms with Crippen molar-refractivity contribution < 1.29 is 14.3 Å². The number of hydrogen-bond acceptors (Lipinski definition) is 6. The van der Waals surface area contributed by atoms with Crippen LogP contribution in [0.5, 0.6) is 5.75 Å². The lowest BCUT2D eigenvalue weighted by Crippen LogP contribution is -2.47. The Labute approximate surface area is 168 Å². The fourth-order valence-electron chi connectivity index (χ4n) is 3.31. The minimum Gasteiger partial charge on any atom is -0.493 e. The van der Waals surface area contributed by atoms with Gasteiger partial charge in [-0.3, -0.25) is 5.32 Å². The maximum absolute atomic E-state index is 12.2. The van der Waals surface area contributed by atoms with Crippen molar-refractivity contribution in [3.63, 3.8) is 0 Å². The third-order valence-corrected chi connectivity index (χ3v) is 5.87.